The van der Waals surface area contributed by atoms with Gasteiger partial charge in [-0.15, -0.1) is 0 Å². The second kappa shape index (κ2) is 5.55. The fourth-order valence-electron chi connectivity index (χ4n) is 2.68. The average Bonchev–Trinajstić information content (AvgIpc) is 2.38. The maximum Gasteiger partial charge on any atom is 0.126 e. The van der Waals surface area contributed by atoms with Crippen LogP contribution in [-0.4, -0.2) is 30.6 Å². The van der Waals surface area contributed by atoms with Gasteiger partial charge in [-0.2, -0.15) is 0 Å². The van der Waals surface area contributed by atoms with Crippen LogP contribution in [0, 0.1) is 11.6 Å². The van der Waals surface area contributed by atoms with Crippen LogP contribution in [0.5, 0.6) is 0 Å². The van der Waals surface area contributed by atoms with Gasteiger partial charge < -0.3 is 5.32 Å². The van der Waals surface area contributed by atoms with Gasteiger partial charge in [0.1, 0.15) is 11.6 Å². The fourth-order valence-corrected chi connectivity index (χ4v) is 2.68. The van der Waals surface area contributed by atoms with Gasteiger partial charge in [0.2, 0.25) is 0 Å². The maximum atomic E-state index is 13.3. The van der Waals surface area contributed by atoms with E-state index in [2.05, 4.69) is 17.1 Å². The minimum Gasteiger partial charge on any atom is -0.314 e. The summed E-state index contributed by atoms with van der Waals surface area (Å²) < 4.78 is 26.5. The van der Waals surface area contributed by atoms with Crippen LogP contribution in [-0.2, 0) is 0 Å². The van der Waals surface area contributed by atoms with E-state index >= 15 is 0 Å². The lowest BCUT2D eigenvalue weighted by molar-refractivity contribution is 0.117. The molecule has 2 nitrogen and oxygen atoms in total. The number of rotatable bonds is 3. The zero-order valence-electron chi connectivity index (χ0n) is 11.8. The van der Waals surface area contributed by atoms with E-state index < -0.39 is 11.6 Å². The summed E-state index contributed by atoms with van der Waals surface area (Å²) in [7, 11) is 1.99. The summed E-state index contributed by atoms with van der Waals surface area (Å²) in [4.78, 5) is 2.29. The number of hydrogen-bond donors (Lipinski definition) is 1. The molecule has 106 valence electrons. The molecule has 0 aliphatic carbocycles. The average molecular weight is 268 g/mol. The second-order valence-electron chi connectivity index (χ2n) is 5.73. The third-order valence-corrected chi connectivity index (χ3v) is 4.42. The number of nitrogens with zero attached hydrogens (tertiary/aromatic N) is 1. The minimum atomic E-state index is -0.501. The number of benzene rings is 1. The molecule has 2 rings (SSSR count). The molecule has 1 atom stereocenters. The first-order chi connectivity index (χ1) is 8.93. The molecule has 0 bridgehead atoms. The van der Waals surface area contributed by atoms with Gasteiger partial charge in [-0.25, -0.2) is 8.78 Å². The Kier molecular flexibility index (Phi) is 4.21. The number of piperidine rings is 1. The molecule has 1 aromatic rings. The number of hydrogen-bond acceptors (Lipinski definition) is 2. The van der Waals surface area contributed by atoms with Crippen LogP contribution in [0.4, 0.5) is 8.78 Å². The van der Waals surface area contributed by atoms with E-state index in [-0.39, 0.29) is 11.6 Å². The quantitative estimate of drug-likeness (QED) is 0.906. The van der Waals surface area contributed by atoms with Gasteiger partial charge in [0.05, 0.1) is 0 Å². The summed E-state index contributed by atoms with van der Waals surface area (Å²) in [5.41, 5.74) is 0.897. The molecule has 1 aliphatic rings. The Morgan fingerprint density at radius 2 is 1.68 bits per heavy atom. The van der Waals surface area contributed by atoms with Crippen molar-refractivity contribution in [1.29, 1.82) is 0 Å². The molecule has 1 saturated heterocycles. The number of halogens is 2. The third kappa shape index (κ3) is 3.31. The molecule has 0 saturated carbocycles. The second-order valence-corrected chi connectivity index (χ2v) is 5.73. The van der Waals surface area contributed by atoms with E-state index in [1.165, 1.54) is 12.1 Å². The largest absolute Gasteiger partial charge is 0.314 e. The first kappa shape index (κ1) is 14.4. The molecule has 4 heteroatoms. The van der Waals surface area contributed by atoms with Crippen LogP contribution in [0.1, 0.15) is 38.3 Å². The minimum absolute atomic E-state index is 0.0478. The number of likely N-dealkylation sites (tertiary alicyclic amines) is 1. The third-order valence-electron chi connectivity index (χ3n) is 4.42. The van der Waals surface area contributed by atoms with Crippen molar-refractivity contribution in [2.75, 3.05) is 20.1 Å². The summed E-state index contributed by atoms with van der Waals surface area (Å²) in [6.45, 7) is 6.11. The molecule has 1 aromatic carbocycles. The summed E-state index contributed by atoms with van der Waals surface area (Å²) >= 11 is 0. The Hall–Kier alpha value is -1.00. The van der Waals surface area contributed by atoms with E-state index in [9.17, 15) is 8.78 Å². The highest BCUT2D eigenvalue weighted by molar-refractivity contribution is 5.21. The molecular formula is C15H22F2N2. The summed E-state index contributed by atoms with van der Waals surface area (Å²) in [5, 5.41) is 3.35. The zero-order valence-corrected chi connectivity index (χ0v) is 11.8. The van der Waals surface area contributed by atoms with Crippen molar-refractivity contribution in [1.82, 2.24) is 10.2 Å². The molecule has 0 radical (unpaired) electrons. The summed E-state index contributed by atoms with van der Waals surface area (Å²) in [6.07, 6.45) is 2.09. The van der Waals surface area contributed by atoms with Crippen LogP contribution < -0.4 is 5.32 Å². The van der Waals surface area contributed by atoms with Crippen molar-refractivity contribution in [2.24, 2.45) is 0 Å². The van der Waals surface area contributed by atoms with Crippen LogP contribution >= 0.6 is 0 Å². The molecule has 1 heterocycles. The maximum absolute atomic E-state index is 13.3. The lowest BCUT2D eigenvalue weighted by Crippen LogP contribution is -2.50. The molecular weight excluding hydrogens is 246 g/mol. The topological polar surface area (TPSA) is 15.3 Å². The first-order valence-electron chi connectivity index (χ1n) is 6.82. The van der Waals surface area contributed by atoms with Crippen molar-refractivity contribution in [2.45, 2.75) is 38.3 Å². The molecule has 1 fully saturated rings. The van der Waals surface area contributed by atoms with Gasteiger partial charge in [0.15, 0.2) is 0 Å². The number of nitrogens with one attached hydrogen (secondary N) is 1. The zero-order chi connectivity index (χ0) is 14.0. The van der Waals surface area contributed by atoms with Gasteiger partial charge >= 0.3 is 0 Å². The highest BCUT2D eigenvalue weighted by Crippen LogP contribution is 2.29. The van der Waals surface area contributed by atoms with Crippen LogP contribution in [0.3, 0.4) is 0 Å². The van der Waals surface area contributed by atoms with Crippen LogP contribution in [0.2, 0.25) is 0 Å². The lowest BCUT2D eigenvalue weighted by Gasteiger charge is -2.42. The molecule has 1 unspecified atom stereocenters. The Morgan fingerprint density at radius 1 is 1.16 bits per heavy atom. The molecule has 0 aromatic heterocycles. The Morgan fingerprint density at radius 3 is 2.16 bits per heavy atom. The highest BCUT2D eigenvalue weighted by Gasteiger charge is 2.30. The van der Waals surface area contributed by atoms with Gasteiger partial charge in [-0.1, -0.05) is 0 Å². The van der Waals surface area contributed by atoms with Crippen molar-refractivity contribution in [3.63, 3.8) is 0 Å². The molecule has 1 aliphatic heterocycles. The van der Waals surface area contributed by atoms with E-state index in [1.54, 1.807) is 0 Å². The van der Waals surface area contributed by atoms with E-state index in [4.69, 9.17) is 0 Å². The van der Waals surface area contributed by atoms with Crippen molar-refractivity contribution >= 4 is 0 Å². The van der Waals surface area contributed by atoms with Crippen LogP contribution in [0.25, 0.3) is 0 Å². The van der Waals surface area contributed by atoms with Gasteiger partial charge in [-0.3, -0.25) is 4.90 Å². The lowest BCUT2D eigenvalue weighted by atomic mass is 9.88. The van der Waals surface area contributed by atoms with Crippen molar-refractivity contribution < 1.29 is 8.78 Å². The Bertz CT molecular complexity index is 420. The van der Waals surface area contributed by atoms with E-state index in [0.29, 0.717) is 5.56 Å². The fraction of sp³-hybridized carbons (Fsp3) is 0.600. The smallest absolute Gasteiger partial charge is 0.126 e. The van der Waals surface area contributed by atoms with E-state index in [1.807, 2.05) is 14.0 Å². The molecule has 19 heavy (non-hydrogen) atoms. The van der Waals surface area contributed by atoms with Gasteiger partial charge in [0, 0.05) is 30.7 Å². The normalized spacial score (nSPS) is 21.3. The standard InChI is InChI=1S/C15H22F2N2/c1-11(12-8-13(16)10-14(17)9-12)19-6-4-15(2,18-3)5-7-19/h8-11,18H,4-7H2,1-3H3. The Labute approximate surface area is 113 Å². The summed E-state index contributed by atoms with van der Waals surface area (Å²) in [6, 6.07) is 3.83. The SMILES string of the molecule is CNC1(C)CCN(C(C)c2cc(F)cc(F)c2)CC1. The van der Waals surface area contributed by atoms with Gasteiger partial charge in [-0.05, 0) is 51.4 Å². The van der Waals surface area contributed by atoms with E-state index in [0.717, 1.165) is 32.0 Å². The van der Waals surface area contributed by atoms with Gasteiger partial charge in [0.25, 0.3) is 0 Å². The summed E-state index contributed by atoms with van der Waals surface area (Å²) in [5.74, 6) is -1.00. The van der Waals surface area contributed by atoms with Crippen molar-refractivity contribution in [3.05, 3.63) is 35.4 Å². The predicted molar refractivity (Wildman–Crippen MR) is 73.0 cm³/mol. The Balaban J connectivity index is 2.07. The first-order valence-corrected chi connectivity index (χ1v) is 6.82. The highest BCUT2D eigenvalue weighted by atomic mass is 19.1. The predicted octanol–water partition coefficient (Wildman–Crippen LogP) is 3.10. The monoisotopic (exact) mass is 268 g/mol. The molecule has 1 N–H and O–H groups in total. The molecule has 0 spiro atoms. The molecule has 0 amide bonds. The van der Waals surface area contributed by atoms with Crippen LogP contribution in [0.15, 0.2) is 18.2 Å². The van der Waals surface area contributed by atoms with Crippen molar-refractivity contribution in [3.8, 4) is 0 Å².